The monoisotopic (exact) mass is 481 g/mol. The van der Waals surface area contributed by atoms with Crippen LogP contribution in [0.5, 0.6) is 0 Å². The van der Waals surface area contributed by atoms with Crippen LogP contribution in [0, 0.1) is 11.3 Å². The first-order chi connectivity index (χ1) is 17.3. The third-order valence-corrected chi connectivity index (χ3v) is 5.27. The zero-order valence-electron chi connectivity index (χ0n) is 22.0. The normalized spacial score (nSPS) is 10.1. The van der Waals surface area contributed by atoms with Crippen LogP contribution in [0.25, 0.3) is 22.3 Å². The van der Waals surface area contributed by atoms with Gasteiger partial charge in [-0.2, -0.15) is 10.2 Å². The molecule has 0 spiro atoms. The van der Waals surface area contributed by atoms with Crippen LogP contribution in [0.15, 0.2) is 80.4 Å². The van der Waals surface area contributed by atoms with Gasteiger partial charge >= 0.3 is 0 Å². The van der Waals surface area contributed by atoms with E-state index in [-0.39, 0.29) is 0 Å². The number of aromatic nitrogens is 4. The van der Waals surface area contributed by atoms with Crippen molar-refractivity contribution in [3.8, 4) is 11.8 Å². The van der Waals surface area contributed by atoms with Crippen LogP contribution in [0.4, 0.5) is 11.8 Å². The molecule has 4 rings (SSSR count). The molecule has 186 valence electrons. The first-order valence-electron chi connectivity index (χ1n) is 11.8. The first kappa shape index (κ1) is 27.8. The Morgan fingerprint density at radius 3 is 2.25 bits per heavy atom. The van der Waals surface area contributed by atoms with Crippen LogP contribution in [-0.2, 0) is 5.41 Å². The van der Waals surface area contributed by atoms with Gasteiger partial charge in [0.05, 0.1) is 11.5 Å². The predicted octanol–water partition coefficient (Wildman–Crippen LogP) is 6.77. The second-order valence-corrected chi connectivity index (χ2v) is 8.27. The zero-order valence-corrected chi connectivity index (χ0v) is 22.0. The van der Waals surface area contributed by atoms with Crippen LogP contribution in [-0.4, -0.2) is 26.6 Å². The second kappa shape index (κ2) is 12.9. The molecule has 1 aromatic carbocycles. The lowest BCUT2D eigenvalue weighted by molar-refractivity contribution is 0.686. The molecule has 0 saturated heterocycles. The van der Waals surface area contributed by atoms with E-state index in [4.69, 9.17) is 0 Å². The highest BCUT2D eigenvalue weighted by Gasteiger charge is 2.19. The SMILES string of the molecule is C=C(C)c1ccc(Nc2ncc3ccn(-c4ccc(C(C)(C)C#N)cc4)c3n2)nc1.C=CNC.CC. The van der Waals surface area contributed by atoms with E-state index in [1.807, 2.05) is 94.9 Å². The van der Waals surface area contributed by atoms with Gasteiger partial charge in [-0.15, -0.1) is 0 Å². The van der Waals surface area contributed by atoms with Crippen molar-refractivity contribution in [1.82, 2.24) is 24.8 Å². The Hall–Kier alpha value is -4.44. The number of benzene rings is 1. The highest BCUT2D eigenvalue weighted by molar-refractivity contribution is 5.78. The summed E-state index contributed by atoms with van der Waals surface area (Å²) in [7, 11) is 1.81. The molecule has 0 atom stereocenters. The number of nitrogens with zero attached hydrogens (tertiary/aromatic N) is 5. The molecular formula is C29H35N7. The molecule has 3 aromatic heterocycles. The Kier molecular flexibility index (Phi) is 9.93. The van der Waals surface area contributed by atoms with E-state index >= 15 is 0 Å². The number of nitriles is 1. The second-order valence-electron chi connectivity index (χ2n) is 8.27. The third-order valence-electron chi connectivity index (χ3n) is 5.27. The molecule has 0 saturated carbocycles. The summed E-state index contributed by atoms with van der Waals surface area (Å²) in [6, 6.07) is 16.1. The smallest absolute Gasteiger partial charge is 0.230 e. The molecule has 0 fully saturated rings. The van der Waals surface area contributed by atoms with E-state index in [2.05, 4.69) is 44.8 Å². The Labute approximate surface area is 214 Å². The quantitative estimate of drug-likeness (QED) is 0.316. The van der Waals surface area contributed by atoms with E-state index in [0.717, 1.165) is 33.4 Å². The maximum atomic E-state index is 9.35. The molecular weight excluding hydrogens is 446 g/mol. The lowest BCUT2D eigenvalue weighted by Crippen LogP contribution is -2.13. The summed E-state index contributed by atoms with van der Waals surface area (Å²) < 4.78 is 2.00. The predicted molar refractivity (Wildman–Crippen MR) is 150 cm³/mol. The Bertz CT molecular complexity index is 1330. The van der Waals surface area contributed by atoms with Gasteiger partial charge in [0.15, 0.2) is 0 Å². The number of hydrogen-bond donors (Lipinski definition) is 2. The lowest BCUT2D eigenvalue weighted by atomic mass is 9.86. The van der Waals surface area contributed by atoms with E-state index in [1.165, 1.54) is 0 Å². The van der Waals surface area contributed by atoms with Gasteiger partial charge < -0.3 is 15.2 Å². The molecule has 0 bridgehead atoms. The topological polar surface area (TPSA) is 91.5 Å². The number of nitrogens with one attached hydrogen (secondary N) is 2. The van der Waals surface area contributed by atoms with Gasteiger partial charge in [0, 0.05) is 36.7 Å². The van der Waals surface area contributed by atoms with Crippen molar-refractivity contribution in [2.75, 3.05) is 12.4 Å². The molecule has 7 nitrogen and oxygen atoms in total. The summed E-state index contributed by atoms with van der Waals surface area (Å²) in [6.07, 6.45) is 7.15. The minimum Gasteiger partial charge on any atom is -0.394 e. The summed E-state index contributed by atoms with van der Waals surface area (Å²) in [5, 5.41) is 16.1. The summed E-state index contributed by atoms with van der Waals surface area (Å²) >= 11 is 0. The van der Waals surface area contributed by atoms with Crippen molar-refractivity contribution in [1.29, 1.82) is 5.26 Å². The average Bonchev–Trinajstić information content (AvgIpc) is 3.33. The van der Waals surface area contributed by atoms with Crippen molar-refractivity contribution < 1.29 is 0 Å². The van der Waals surface area contributed by atoms with E-state index < -0.39 is 5.41 Å². The summed E-state index contributed by atoms with van der Waals surface area (Å²) in [5.41, 5.74) is 4.17. The van der Waals surface area contributed by atoms with E-state index in [1.54, 1.807) is 18.6 Å². The third kappa shape index (κ3) is 6.80. The van der Waals surface area contributed by atoms with Gasteiger partial charge in [-0.05, 0) is 74.0 Å². The van der Waals surface area contributed by atoms with Gasteiger partial charge in [-0.1, -0.05) is 39.1 Å². The van der Waals surface area contributed by atoms with Crippen LogP contribution in [0.3, 0.4) is 0 Å². The van der Waals surface area contributed by atoms with Crippen LogP contribution in [0.2, 0.25) is 0 Å². The number of pyridine rings is 1. The van der Waals surface area contributed by atoms with Crippen LogP contribution < -0.4 is 10.6 Å². The highest BCUT2D eigenvalue weighted by atomic mass is 15.2. The fraction of sp³-hybridized carbons (Fsp3) is 0.241. The van der Waals surface area contributed by atoms with Gasteiger partial charge in [-0.25, -0.2) is 9.97 Å². The van der Waals surface area contributed by atoms with Crippen molar-refractivity contribution >= 4 is 28.4 Å². The molecule has 2 N–H and O–H groups in total. The summed E-state index contributed by atoms with van der Waals surface area (Å²) in [4.78, 5) is 13.5. The Morgan fingerprint density at radius 2 is 1.72 bits per heavy atom. The highest BCUT2D eigenvalue weighted by Crippen LogP contribution is 2.25. The molecule has 0 radical (unpaired) electrons. The number of allylic oxidation sites excluding steroid dienone is 1. The minimum atomic E-state index is -0.525. The number of anilines is 2. The number of hydrogen-bond acceptors (Lipinski definition) is 6. The molecule has 4 aromatic rings. The van der Waals surface area contributed by atoms with Crippen molar-refractivity contribution in [2.45, 2.75) is 40.0 Å². The molecule has 7 heteroatoms. The number of fused-ring (bicyclic) bond motifs is 1. The molecule has 3 heterocycles. The summed E-state index contributed by atoms with van der Waals surface area (Å²) in [6.45, 7) is 17.1. The maximum Gasteiger partial charge on any atom is 0.230 e. The first-order valence-corrected chi connectivity index (χ1v) is 11.8. The van der Waals surface area contributed by atoms with Crippen LogP contribution >= 0.6 is 0 Å². The van der Waals surface area contributed by atoms with Crippen molar-refractivity contribution in [3.05, 3.63) is 91.5 Å². The largest absolute Gasteiger partial charge is 0.394 e. The molecule has 0 unspecified atom stereocenters. The Balaban J connectivity index is 0.000000694. The molecule has 0 amide bonds. The zero-order chi connectivity index (χ0) is 26.7. The fourth-order valence-corrected chi connectivity index (χ4v) is 3.12. The standard InChI is InChI=1S/C24H22N6.C3H7N.C2H6/c1-16(2)17-5-10-21(26-13-17)28-23-27-14-18-11-12-30(22(18)29-23)20-8-6-19(7-9-20)24(3,4)15-25;1-3-4-2;1-2/h5-14H,1H2,2-4H3,(H,26,27,28,29);3-4H,1H2,2H3;1-2H3. The molecule has 36 heavy (non-hydrogen) atoms. The van der Waals surface area contributed by atoms with E-state index in [0.29, 0.717) is 11.8 Å². The summed E-state index contributed by atoms with van der Waals surface area (Å²) in [5.74, 6) is 1.14. The average molecular weight is 482 g/mol. The van der Waals surface area contributed by atoms with Gasteiger partial charge in [0.2, 0.25) is 5.95 Å². The van der Waals surface area contributed by atoms with Crippen molar-refractivity contribution in [2.24, 2.45) is 0 Å². The minimum absolute atomic E-state index is 0.472. The lowest BCUT2D eigenvalue weighted by Gasteiger charge is -2.16. The van der Waals surface area contributed by atoms with Crippen LogP contribution in [0.1, 0.15) is 45.7 Å². The molecule has 0 aliphatic heterocycles. The van der Waals surface area contributed by atoms with Gasteiger partial charge in [0.25, 0.3) is 0 Å². The Morgan fingerprint density at radius 1 is 1.06 bits per heavy atom. The molecule has 0 aliphatic rings. The fourth-order valence-electron chi connectivity index (χ4n) is 3.12. The maximum absolute atomic E-state index is 9.35. The molecule has 0 aliphatic carbocycles. The van der Waals surface area contributed by atoms with Gasteiger partial charge in [-0.3, -0.25) is 0 Å². The van der Waals surface area contributed by atoms with Gasteiger partial charge in [0.1, 0.15) is 11.5 Å². The van der Waals surface area contributed by atoms with Crippen molar-refractivity contribution in [3.63, 3.8) is 0 Å². The number of rotatable bonds is 6. The van der Waals surface area contributed by atoms with E-state index in [9.17, 15) is 5.26 Å².